The van der Waals surface area contributed by atoms with Crippen LogP contribution in [0.4, 0.5) is 0 Å². The molecule has 4 aromatic heterocycles. The number of rotatable bonds is 6. The number of hydrogen-bond donors (Lipinski definition) is 2. The fourth-order valence-electron chi connectivity index (χ4n) is 3.94. The predicted molar refractivity (Wildman–Crippen MR) is 125 cm³/mol. The maximum atomic E-state index is 12.9. The number of aromatic nitrogens is 5. The van der Waals surface area contributed by atoms with Crippen LogP contribution in [0.2, 0.25) is 5.15 Å². The van der Waals surface area contributed by atoms with E-state index in [1.54, 1.807) is 12.3 Å². The summed E-state index contributed by atoms with van der Waals surface area (Å²) in [5, 5.41) is 5.26. The first kappa shape index (κ1) is 20.3. The van der Waals surface area contributed by atoms with Crippen LogP contribution in [0.25, 0.3) is 32.8 Å². The van der Waals surface area contributed by atoms with E-state index in [-0.39, 0.29) is 24.4 Å². The van der Waals surface area contributed by atoms with E-state index in [4.69, 9.17) is 11.6 Å². The quantitative estimate of drug-likeness (QED) is 0.389. The van der Waals surface area contributed by atoms with Crippen molar-refractivity contribution in [3.8, 4) is 0 Å². The summed E-state index contributed by atoms with van der Waals surface area (Å²) in [7, 11) is 0. The molecule has 0 bridgehead atoms. The molecule has 32 heavy (non-hydrogen) atoms. The molecule has 0 fully saturated rings. The Kier molecular flexibility index (Phi) is 5.14. The number of carbonyl (C=O) groups excluding carboxylic acids is 1. The molecule has 0 atom stereocenters. The van der Waals surface area contributed by atoms with Crippen LogP contribution in [0.5, 0.6) is 0 Å². The number of H-pyrrole nitrogens is 1. The van der Waals surface area contributed by atoms with Gasteiger partial charge in [-0.15, -0.1) is 0 Å². The fourth-order valence-corrected chi connectivity index (χ4v) is 4.09. The lowest BCUT2D eigenvalue weighted by Gasteiger charge is -2.09. The van der Waals surface area contributed by atoms with E-state index in [1.165, 1.54) is 10.9 Å². The monoisotopic (exact) mass is 448 g/mol. The van der Waals surface area contributed by atoms with Crippen LogP contribution in [0, 0.1) is 6.92 Å². The third-order valence-corrected chi connectivity index (χ3v) is 5.81. The average molecular weight is 449 g/mol. The van der Waals surface area contributed by atoms with Crippen molar-refractivity contribution in [3.05, 3.63) is 70.1 Å². The van der Waals surface area contributed by atoms with Gasteiger partial charge < -0.3 is 14.9 Å². The fraction of sp³-hybridized carbons (Fsp3) is 0.217. The SMILES string of the molecule is Cc1ccc2[nH]c3c(=O)n(CCC(=O)NCCn4ccc5cnc(Cl)cc54)cnc3c2c1. The molecular weight excluding hydrogens is 428 g/mol. The molecule has 5 aromatic rings. The molecular formula is C23H21ClN6O2. The number of aryl methyl sites for hydroxylation is 2. The van der Waals surface area contributed by atoms with E-state index in [0.29, 0.717) is 29.3 Å². The summed E-state index contributed by atoms with van der Waals surface area (Å²) in [4.78, 5) is 36.9. The second kappa shape index (κ2) is 8.12. The number of pyridine rings is 1. The molecule has 4 heterocycles. The Labute approximate surface area is 187 Å². The van der Waals surface area contributed by atoms with Crippen LogP contribution in [-0.2, 0) is 17.9 Å². The van der Waals surface area contributed by atoms with Crippen molar-refractivity contribution in [2.75, 3.05) is 6.54 Å². The van der Waals surface area contributed by atoms with Gasteiger partial charge in [0.05, 0.1) is 11.8 Å². The van der Waals surface area contributed by atoms with Crippen molar-refractivity contribution >= 4 is 50.3 Å². The predicted octanol–water partition coefficient (Wildman–Crippen LogP) is 3.40. The summed E-state index contributed by atoms with van der Waals surface area (Å²) in [6, 6.07) is 9.71. The van der Waals surface area contributed by atoms with Crippen molar-refractivity contribution < 1.29 is 4.79 Å². The minimum absolute atomic E-state index is 0.125. The number of nitrogens with one attached hydrogen (secondary N) is 2. The minimum Gasteiger partial charge on any atom is -0.354 e. The Bertz CT molecular complexity index is 1530. The third-order valence-electron chi connectivity index (χ3n) is 5.60. The van der Waals surface area contributed by atoms with Gasteiger partial charge in [-0.3, -0.25) is 14.2 Å². The van der Waals surface area contributed by atoms with Gasteiger partial charge in [-0.05, 0) is 31.2 Å². The highest BCUT2D eigenvalue weighted by Crippen LogP contribution is 2.22. The van der Waals surface area contributed by atoms with Crippen LogP contribution >= 0.6 is 11.6 Å². The first-order valence-electron chi connectivity index (χ1n) is 10.3. The lowest BCUT2D eigenvalue weighted by Crippen LogP contribution is -2.29. The Morgan fingerprint density at radius 1 is 1.16 bits per heavy atom. The second-order valence-corrected chi connectivity index (χ2v) is 8.20. The number of benzene rings is 1. The normalized spacial score (nSPS) is 11.6. The summed E-state index contributed by atoms with van der Waals surface area (Å²) >= 11 is 5.98. The van der Waals surface area contributed by atoms with Crippen LogP contribution in [0.3, 0.4) is 0 Å². The third kappa shape index (κ3) is 3.73. The van der Waals surface area contributed by atoms with Crippen molar-refractivity contribution in [2.24, 2.45) is 0 Å². The molecule has 5 rings (SSSR count). The highest BCUT2D eigenvalue weighted by Gasteiger charge is 2.12. The summed E-state index contributed by atoms with van der Waals surface area (Å²) < 4.78 is 3.49. The van der Waals surface area contributed by atoms with Crippen molar-refractivity contribution in [2.45, 2.75) is 26.4 Å². The van der Waals surface area contributed by atoms with Gasteiger partial charge in [-0.25, -0.2) is 9.97 Å². The average Bonchev–Trinajstić information content (AvgIpc) is 3.34. The molecule has 0 unspecified atom stereocenters. The standard InChI is InChI=1S/C23H21ClN6O2/c1-14-2-3-17-16(10-14)21-22(28-17)23(32)30(13-27-21)8-5-20(31)25-6-9-29-7-4-15-12-26-19(24)11-18(15)29/h2-4,7,10-13,28H,5-6,8-9H2,1H3,(H,25,31). The Balaban J connectivity index is 1.23. The lowest BCUT2D eigenvalue weighted by molar-refractivity contribution is -0.121. The Morgan fingerprint density at radius 3 is 2.91 bits per heavy atom. The van der Waals surface area contributed by atoms with Crippen molar-refractivity contribution in [1.29, 1.82) is 0 Å². The molecule has 162 valence electrons. The second-order valence-electron chi connectivity index (χ2n) is 7.82. The van der Waals surface area contributed by atoms with Gasteiger partial charge in [-0.2, -0.15) is 0 Å². The Hall–Kier alpha value is -3.65. The zero-order valence-corrected chi connectivity index (χ0v) is 18.2. The molecule has 2 N–H and O–H groups in total. The van der Waals surface area contributed by atoms with Gasteiger partial charge >= 0.3 is 0 Å². The van der Waals surface area contributed by atoms with Crippen LogP contribution in [-0.4, -0.2) is 36.5 Å². The van der Waals surface area contributed by atoms with E-state index in [9.17, 15) is 9.59 Å². The Morgan fingerprint density at radius 2 is 2.03 bits per heavy atom. The molecule has 9 heteroatoms. The number of hydrogen-bond acceptors (Lipinski definition) is 4. The van der Waals surface area contributed by atoms with E-state index in [0.717, 1.165) is 27.4 Å². The largest absolute Gasteiger partial charge is 0.354 e. The van der Waals surface area contributed by atoms with Gasteiger partial charge in [0.2, 0.25) is 5.91 Å². The van der Waals surface area contributed by atoms with E-state index < -0.39 is 0 Å². The highest BCUT2D eigenvalue weighted by atomic mass is 35.5. The highest BCUT2D eigenvalue weighted by molar-refractivity contribution is 6.30. The minimum atomic E-state index is -0.180. The topological polar surface area (TPSA) is 97.6 Å². The number of nitrogens with zero attached hydrogens (tertiary/aromatic N) is 4. The smallest absolute Gasteiger partial charge is 0.277 e. The number of fused-ring (bicyclic) bond motifs is 4. The van der Waals surface area contributed by atoms with Crippen LogP contribution < -0.4 is 10.9 Å². The maximum absolute atomic E-state index is 12.9. The number of aromatic amines is 1. The van der Waals surface area contributed by atoms with Gasteiger partial charge in [0.25, 0.3) is 5.56 Å². The molecule has 8 nitrogen and oxygen atoms in total. The molecule has 1 amide bonds. The summed E-state index contributed by atoms with van der Waals surface area (Å²) in [5.74, 6) is -0.125. The van der Waals surface area contributed by atoms with Crippen LogP contribution in [0.15, 0.2) is 53.8 Å². The number of halogens is 1. The number of amides is 1. The molecule has 0 radical (unpaired) electrons. The maximum Gasteiger partial charge on any atom is 0.277 e. The van der Waals surface area contributed by atoms with E-state index in [2.05, 4.69) is 20.3 Å². The first-order chi connectivity index (χ1) is 15.5. The molecule has 0 saturated carbocycles. The van der Waals surface area contributed by atoms with Gasteiger partial charge in [0.15, 0.2) is 0 Å². The van der Waals surface area contributed by atoms with E-state index >= 15 is 0 Å². The van der Waals surface area contributed by atoms with Gasteiger partial charge in [-0.1, -0.05) is 23.2 Å². The first-order valence-corrected chi connectivity index (χ1v) is 10.7. The van der Waals surface area contributed by atoms with Crippen molar-refractivity contribution in [3.63, 3.8) is 0 Å². The molecule has 0 aliphatic heterocycles. The van der Waals surface area contributed by atoms with Crippen molar-refractivity contribution in [1.82, 2.24) is 29.4 Å². The molecule has 0 aliphatic carbocycles. The zero-order chi connectivity index (χ0) is 22.2. The molecule has 0 spiro atoms. The van der Waals surface area contributed by atoms with Crippen LogP contribution in [0.1, 0.15) is 12.0 Å². The number of carbonyl (C=O) groups is 1. The van der Waals surface area contributed by atoms with Gasteiger partial charge in [0.1, 0.15) is 16.2 Å². The summed E-state index contributed by atoms with van der Waals surface area (Å²) in [6.45, 7) is 3.34. The summed E-state index contributed by atoms with van der Waals surface area (Å²) in [5.41, 5.74) is 3.89. The summed E-state index contributed by atoms with van der Waals surface area (Å²) in [6.07, 6.45) is 5.37. The zero-order valence-electron chi connectivity index (χ0n) is 17.4. The molecule has 0 aliphatic rings. The van der Waals surface area contributed by atoms with E-state index in [1.807, 2.05) is 42.0 Å². The molecule has 1 aromatic carbocycles. The lowest BCUT2D eigenvalue weighted by atomic mass is 10.2. The van der Waals surface area contributed by atoms with Gasteiger partial charge in [0, 0.05) is 54.7 Å². The molecule has 0 saturated heterocycles.